The molecule has 2 aliphatic heterocycles. The Balaban J connectivity index is 1.95. The number of allylic oxidation sites excluding steroid dienone is 1. The van der Waals surface area contributed by atoms with Crippen LogP contribution in [0.2, 0.25) is 18.1 Å². The number of ether oxygens (including phenoxy) is 1. The van der Waals surface area contributed by atoms with Gasteiger partial charge in [-0.25, -0.2) is 0 Å². The van der Waals surface area contributed by atoms with E-state index in [1.165, 1.54) is 12.8 Å². The van der Waals surface area contributed by atoms with Crippen LogP contribution in [0.25, 0.3) is 0 Å². The van der Waals surface area contributed by atoms with Crippen molar-refractivity contribution in [2.75, 3.05) is 0 Å². The van der Waals surface area contributed by atoms with Crippen LogP contribution in [-0.2, 0) is 9.16 Å². The van der Waals surface area contributed by atoms with Gasteiger partial charge in [-0.2, -0.15) is 0 Å². The number of rotatable bonds is 7. The van der Waals surface area contributed by atoms with Crippen LogP contribution in [0.3, 0.4) is 0 Å². The molecule has 126 valence electrons. The van der Waals surface area contributed by atoms with E-state index in [-0.39, 0.29) is 16.7 Å². The van der Waals surface area contributed by atoms with Crippen molar-refractivity contribution in [3.8, 4) is 0 Å². The minimum atomic E-state index is -1.70. The Morgan fingerprint density at radius 1 is 1.36 bits per heavy atom. The van der Waals surface area contributed by atoms with E-state index in [2.05, 4.69) is 52.6 Å². The predicted molar refractivity (Wildman–Crippen MR) is 96.7 cm³/mol. The van der Waals surface area contributed by atoms with Crippen LogP contribution >= 0.6 is 0 Å². The minimum absolute atomic E-state index is 0.0584. The normalized spacial score (nSPS) is 31.5. The lowest BCUT2D eigenvalue weighted by Crippen LogP contribution is -2.49. The van der Waals surface area contributed by atoms with Gasteiger partial charge in [-0.15, -0.1) is 6.58 Å². The summed E-state index contributed by atoms with van der Waals surface area (Å²) in [5.74, 6) is 0. The highest BCUT2D eigenvalue weighted by Crippen LogP contribution is 2.44. The van der Waals surface area contributed by atoms with Gasteiger partial charge in [-0.3, -0.25) is 0 Å². The Morgan fingerprint density at radius 3 is 2.73 bits per heavy atom. The fourth-order valence-corrected chi connectivity index (χ4v) is 4.64. The van der Waals surface area contributed by atoms with Crippen LogP contribution in [0.4, 0.5) is 0 Å². The van der Waals surface area contributed by atoms with Crippen molar-refractivity contribution in [2.24, 2.45) is 0 Å². The van der Waals surface area contributed by atoms with Gasteiger partial charge in [0.25, 0.3) is 0 Å². The van der Waals surface area contributed by atoms with Gasteiger partial charge in [-0.05, 0) is 43.8 Å². The molecule has 0 aromatic rings. The molecule has 0 radical (unpaired) electrons. The van der Waals surface area contributed by atoms with Gasteiger partial charge in [-0.1, -0.05) is 39.0 Å². The molecular formula is C19H34O2Si. The average Bonchev–Trinajstić information content (AvgIpc) is 2.69. The Morgan fingerprint density at radius 2 is 2.09 bits per heavy atom. The highest BCUT2D eigenvalue weighted by Gasteiger charge is 2.46. The summed E-state index contributed by atoms with van der Waals surface area (Å²) in [5, 5.41) is 0.273. The third kappa shape index (κ3) is 4.12. The largest absolute Gasteiger partial charge is 0.414 e. The van der Waals surface area contributed by atoms with E-state index in [0.29, 0.717) is 6.10 Å². The second-order valence-electron chi connectivity index (χ2n) is 8.55. The van der Waals surface area contributed by atoms with Crippen molar-refractivity contribution in [2.45, 2.75) is 95.2 Å². The lowest BCUT2D eigenvalue weighted by atomic mass is 9.89. The van der Waals surface area contributed by atoms with Gasteiger partial charge in [0, 0.05) is 12.8 Å². The van der Waals surface area contributed by atoms with E-state index < -0.39 is 8.32 Å². The molecule has 1 fully saturated rings. The summed E-state index contributed by atoms with van der Waals surface area (Å²) in [7, 11) is -1.70. The standard InChI is InChI=1S/C19H34O2Si/c1-7-8-9-10-12-19-13-11-16(20-19)14-17(15-19)21-22(5,6)18(2,3)4/h7,11,13,16-17H,1,8-10,12,14-15H2,2-6H3/t16?,17-,19?/m1/s1. The molecule has 0 aromatic carbocycles. The van der Waals surface area contributed by atoms with Crippen molar-refractivity contribution >= 4 is 8.32 Å². The van der Waals surface area contributed by atoms with Gasteiger partial charge in [0.05, 0.1) is 17.8 Å². The van der Waals surface area contributed by atoms with E-state index >= 15 is 0 Å². The lowest BCUT2D eigenvalue weighted by molar-refractivity contribution is -0.105. The van der Waals surface area contributed by atoms with Crippen molar-refractivity contribution in [3.63, 3.8) is 0 Å². The van der Waals surface area contributed by atoms with Crippen LogP contribution in [0.1, 0.15) is 59.3 Å². The molecule has 2 bridgehead atoms. The van der Waals surface area contributed by atoms with Crippen LogP contribution in [-0.4, -0.2) is 26.1 Å². The van der Waals surface area contributed by atoms with E-state index in [1.54, 1.807) is 0 Å². The van der Waals surface area contributed by atoms with Gasteiger partial charge in [0.1, 0.15) is 0 Å². The van der Waals surface area contributed by atoms with Crippen LogP contribution < -0.4 is 0 Å². The van der Waals surface area contributed by atoms with E-state index in [0.717, 1.165) is 25.7 Å². The van der Waals surface area contributed by atoms with Crippen LogP contribution in [0.5, 0.6) is 0 Å². The molecule has 0 aromatic heterocycles. The summed E-state index contributed by atoms with van der Waals surface area (Å²) < 4.78 is 13.0. The summed E-state index contributed by atoms with van der Waals surface area (Å²) in [4.78, 5) is 0. The molecule has 2 heterocycles. The van der Waals surface area contributed by atoms with Crippen molar-refractivity contribution in [1.29, 1.82) is 0 Å². The second kappa shape index (κ2) is 6.62. The summed E-state index contributed by atoms with van der Waals surface area (Å²) in [6, 6.07) is 0. The molecule has 3 atom stereocenters. The Labute approximate surface area is 138 Å². The van der Waals surface area contributed by atoms with Crippen molar-refractivity contribution in [3.05, 3.63) is 24.8 Å². The van der Waals surface area contributed by atoms with Gasteiger partial charge in [0.15, 0.2) is 8.32 Å². The molecule has 3 heteroatoms. The number of unbranched alkanes of at least 4 members (excludes halogenated alkanes) is 2. The number of hydrogen-bond acceptors (Lipinski definition) is 2. The van der Waals surface area contributed by atoms with Crippen molar-refractivity contribution < 1.29 is 9.16 Å². The zero-order valence-corrected chi connectivity index (χ0v) is 16.2. The predicted octanol–water partition coefficient (Wildman–Crippen LogP) is 5.61. The topological polar surface area (TPSA) is 18.5 Å². The average molecular weight is 323 g/mol. The summed E-state index contributed by atoms with van der Waals surface area (Å²) in [6.45, 7) is 15.5. The maximum Gasteiger partial charge on any atom is 0.192 e. The molecule has 0 N–H and O–H groups in total. The smallest absolute Gasteiger partial charge is 0.192 e. The molecular weight excluding hydrogens is 288 g/mol. The Hall–Kier alpha value is -0.383. The van der Waals surface area contributed by atoms with Crippen LogP contribution in [0, 0.1) is 0 Å². The molecule has 2 unspecified atom stereocenters. The SMILES string of the molecule is C=CCCCCC12C=CC(C[C@@H](O[Si](C)(C)C(C)(C)C)C1)O2. The van der Waals surface area contributed by atoms with Crippen LogP contribution in [0.15, 0.2) is 24.8 Å². The fraction of sp³-hybridized carbons (Fsp3) is 0.789. The molecule has 0 amide bonds. The molecule has 22 heavy (non-hydrogen) atoms. The van der Waals surface area contributed by atoms with E-state index in [9.17, 15) is 0 Å². The van der Waals surface area contributed by atoms with Crippen molar-refractivity contribution in [1.82, 2.24) is 0 Å². The summed E-state index contributed by atoms with van der Waals surface area (Å²) in [5.41, 5.74) is -0.0584. The molecule has 2 rings (SSSR count). The maximum atomic E-state index is 6.68. The van der Waals surface area contributed by atoms with E-state index in [1.807, 2.05) is 6.08 Å². The monoisotopic (exact) mass is 322 g/mol. The molecule has 1 saturated heterocycles. The first-order valence-electron chi connectivity index (χ1n) is 8.83. The number of fused-ring (bicyclic) bond motifs is 2. The maximum absolute atomic E-state index is 6.68. The van der Waals surface area contributed by atoms with Gasteiger partial charge < -0.3 is 9.16 Å². The highest BCUT2D eigenvalue weighted by atomic mass is 28.4. The molecule has 2 aliphatic rings. The molecule has 0 saturated carbocycles. The Kier molecular flexibility index (Phi) is 5.41. The third-order valence-electron chi connectivity index (χ3n) is 5.59. The zero-order chi connectivity index (χ0) is 16.4. The first-order chi connectivity index (χ1) is 10.2. The number of hydrogen-bond donors (Lipinski definition) is 0. The summed E-state index contributed by atoms with van der Waals surface area (Å²) >= 11 is 0. The Bertz CT molecular complexity index is 422. The zero-order valence-electron chi connectivity index (χ0n) is 15.2. The first-order valence-corrected chi connectivity index (χ1v) is 11.7. The summed E-state index contributed by atoms with van der Waals surface area (Å²) in [6.07, 6.45) is 13.9. The quantitative estimate of drug-likeness (QED) is 0.344. The van der Waals surface area contributed by atoms with Gasteiger partial charge in [0.2, 0.25) is 0 Å². The molecule has 0 spiro atoms. The fourth-order valence-electron chi connectivity index (χ4n) is 3.27. The second-order valence-corrected chi connectivity index (χ2v) is 13.3. The molecule has 2 nitrogen and oxygen atoms in total. The third-order valence-corrected chi connectivity index (χ3v) is 10.1. The first kappa shape index (κ1) is 18.0. The highest BCUT2D eigenvalue weighted by molar-refractivity contribution is 6.74. The van der Waals surface area contributed by atoms with E-state index in [4.69, 9.17) is 9.16 Å². The molecule has 0 aliphatic carbocycles. The van der Waals surface area contributed by atoms with Gasteiger partial charge >= 0.3 is 0 Å². The minimum Gasteiger partial charge on any atom is -0.414 e. The lowest BCUT2D eigenvalue weighted by Gasteiger charge is -2.44.